The van der Waals surface area contributed by atoms with E-state index in [1.54, 1.807) is 6.20 Å². The van der Waals surface area contributed by atoms with Gasteiger partial charge in [0.1, 0.15) is 6.61 Å². The molecular weight excluding hydrogens is 528 g/mol. The molecule has 3 heterocycles. The molecule has 198 valence electrons. The Hall–Kier alpha value is -2.55. The van der Waals surface area contributed by atoms with Crippen LogP contribution in [0.1, 0.15) is 56.2 Å². The Kier molecular flexibility index (Phi) is 8.51. The van der Waals surface area contributed by atoms with Gasteiger partial charge in [-0.05, 0) is 66.5 Å². The number of aromatic nitrogens is 3. The monoisotopic (exact) mass is 554 g/mol. The molecule has 37 heavy (non-hydrogen) atoms. The third-order valence-corrected chi connectivity index (χ3v) is 6.94. The molecule has 0 fully saturated rings. The molecule has 0 aromatic carbocycles. The minimum absolute atomic E-state index is 0.0411. The zero-order chi connectivity index (χ0) is 26.7. The first-order valence-electron chi connectivity index (χ1n) is 11.9. The number of hydrogen-bond donors (Lipinski definition) is 1. The number of halogens is 4. The minimum atomic E-state index is -4.47. The first-order valence-corrected chi connectivity index (χ1v) is 12.9. The normalized spacial score (nSPS) is 16.1. The van der Waals surface area contributed by atoms with Gasteiger partial charge < -0.3 is 14.8 Å². The van der Waals surface area contributed by atoms with E-state index >= 15 is 0 Å². The van der Waals surface area contributed by atoms with Gasteiger partial charge in [-0.3, -0.25) is 4.79 Å². The molecule has 1 amide bonds. The predicted molar refractivity (Wildman–Crippen MR) is 137 cm³/mol. The Bertz CT molecular complexity index is 1280. The van der Waals surface area contributed by atoms with Crippen molar-refractivity contribution in [2.75, 3.05) is 13.2 Å². The first kappa shape index (κ1) is 27.5. The predicted octanol–water partition coefficient (Wildman–Crippen LogP) is 5.23. The lowest BCUT2D eigenvalue weighted by molar-refractivity contribution is -0.176. The maximum Gasteiger partial charge on any atom is 0.411 e. The van der Waals surface area contributed by atoms with Gasteiger partial charge in [-0.2, -0.15) is 18.2 Å². The molecule has 2 aromatic heterocycles. The average molecular weight is 555 g/mol. The second-order valence-corrected chi connectivity index (χ2v) is 9.84. The number of carbonyl (C=O) groups is 1. The van der Waals surface area contributed by atoms with Gasteiger partial charge in [-0.25, -0.2) is 9.97 Å². The minimum Gasteiger partial charge on any atom is -0.419 e. The number of carbonyl (C=O) groups excluding carboxylic acids is 1. The van der Waals surface area contributed by atoms with Crippen molar-refractivity contribution < 1.29 is 27.4 Å². The summed E-state index contributed by atoms with van der Waals surface area (Å²) in [6, 6.07) is 0. The maximum absolute atomic E-state index is 12.8. The zero-order valence-electron chi connectivity index (χ0n) is 20.5. The summed E-state index contributed by atoms with van der Waals surface area (Å²) in [4.78, 5) is 25.2. The van der Waals surface area contributed by atoms with E-state index in [2.05, 4.69) is 36.4 Å². The van der Waals surface area contributed by atoms with Crippen molar-refractivity contribution in [1.82, 2.24) is 20.3 Å². The lowest BCUT2D eigenvalue weighted by atomic mass is 9.79. The van der Waals surface area contributed by atoms with Gasteiger partial charge in [0.15, 0.2) is 0 Å². The largest absolute Gasteiger partial charge is 0.419 e. The highest BCUT2D eigenvalue weighted by atomic mass is 35.5. The molecule has 1 aliphatic heterocycles. The molecule has 0 bridgehead atoms. The molecule has 0 radical (unpaired) electrons. The average Bonchev–Trinajstić information content (AvgIpc) is 2.82. The van der Waals surface area contributed by atoms with E-state index in [0.29, 0.717) is 18.3 Å². The molecule has 12 heteroatoms. The quantitative estimate of drug-likeness (QED) is 0.355. The molecular formula is C25H27ClF3N4O3P. The molecule has 0 saturated heterocycles. The lowest BCUT2D eigenvalue weighted by Crippen LogP contribution is -2.33. The van der Waals surface area contributed by atoms with Crippen molar-refractivity contribution >= 4 is 37.6 Å². The van der Waals surface area contributed by atoms with Gasteiger partial charge in [0.25, 0.3) is 5.91 Å². The van der Waals surface area contributed by atoms with Crippen LogP contribution in [0.4, 0.5) is 13.2 Å². The van der Waals surface area contributed by atoms with E-state index in [-0.39, 0.29) is 28.5 Å². The first-order chi connectivity index (χ1) is 17.6. The molecule has 2 aromatic rings. The van der Waals surface area contributed by atoms with Crippen LogP contribution in [-0.4, -0.2) is 40.2 Å². The third kappa shape index (κ3) is 6.30. The van der Waals surface area contributed by atoms with Gasteiger partial charge in [0.05, 0.1) is 12.2 Å². The summed E-state index contributed by atoms with van der Waals surface area (Å²) in [6.45, 7) is 2.88. The van der Waals surface area contributed by atoms with E-state index in [1.165, 1.54) is 6.20 Å². The van der Waals surface area contributed by atoms with E-state index in [9.17, 15) is 18.0 Å². The summed E-state index contributed by atoms with van der Waals surface area (Å²) in [5.41, 5.74) is 6.13. The second kappa shape index (κ2) is 11.5. The molecule has 2 aliphatic rings. The van der Waals surface area contributed by atoms with Crippen molar-refractivity contribution in [1.29, 1.82) is 0 Å². The van der Waals surface area contributed by atoms with Gasteiger partial charge in [0, 0.05) is 29.8 Å². The van der Waals surface area contributed by atoms with Crippen LogP contribution in [0.15, 0.2) is 29.1 Å². The van der Waals surface area contributed by atoms with Crippen LogP contribution >= 0.6 is 20.8 Å². The summed E-state index contributed by atoms with van der Waals surface area (Å²) < 4.78 is 48.4. The second-order valence-electron chi connectivity index (χ2n) is 8.93. The summed E-state index contributed by atoms with van der Waals surface area (Å²) in [7, 11) is 2.66. The summed E-state index contributed by atoms with van der Waals surface area (Å²) in [6.07, 6.45) is 2.41. The number of fused-ring (bicyclic) bond motifs is 1. The van der Waals surface area contributed by atoms with Crippen LogP contribution in [0, 0.1) is 0 Å². The zero-order valence-corrected chi connectivity index (χ0v) is 22.4. The van der Waals surface area contributed by atoms with Crippen LogP contribution < -0.4 is 15.4 Å². The smallest absolute Gasteiger partial charge is 0.411 e. The number of nitrogens with zero attached hydrogens (tertiary/aromatic N) is 3. The molecule has 1 N–H and O–H groups in total. The van der Waals surface area contributed by atoms with Crippen molar-refractivity contribution in [2.24, 2.45) is 0 Å². The van der Waals surface area contributed by atoms with Crippen LogP contribution in [-0.2, 0) is 22.6 Å². The molecule has 1 atom stereocenters. The summed E-state index contributed by atoms with van der Waals surface area (Å²) >= 11 is 5.94. The SMILES string of the molecule is CCCC1=C(C2=C(C)CCNC2=O)CCc2cnc(Oc3nc(Cl)ncc3COCC(F)(F)F)c(P)c21. The number of alkyl halides is 3. The fourth-order valence-corrected chi connectivity index (χ4v) is 5.25. The number of pyridine rings is 1. The lowest BCUT2D eigenvalue weighted by Gasteiger charge is -2.29. The molecule has 0 spiro atoms. The van der Waals surface area contributed by atoms with Gasteiger partial charge in [0.2, 0.25) is 17.0 Å². The van der Waals surface area contributed by atoms with E-state index in [1.807, 2.05) is 6.92 Å². The number of amides is 1. The van der Waals surface area contributed by atoms with Crippen LogP contribution in [0.5, 0.6) is 11.8 Å². The van der Waals surface area contributed by atoms with E-state index < -0.39 is 19.4 Å². The van der Waals surface area contributed by atoms with Gasteiger partial charge in [-0.15, -0.1) is 0 Å². The number of ether oxygens (including phenoxy) is 2. The topological polar surface area (TPSA) is 86.2 Å². The molecule has 1 unspecified atom stereocenters. The Morgan fingerprint density at radius 2 is 1.95 bits per heavy atom. The standard InChI is InChI=1S/C25H27ClF3N4O3P/c1-3-4-16-17(18-13(2)7-8-30-21(18)34)6-5-14-9-31-23(20(37)19(14)16)36-22-15(10-32-24(26)33-22)11-35-12-25(27,28)29/h9-10H,3-8,11-12,37H2,1-2H3,(H,30,34). The van der Waals surface area contributed by atoms with Crippen molar-refractivity contribution in [3.8, 4) is 11.8 Å². The summed E-state index contributed by atoms with van der Waals surface area (Å²) in [5.74, 6) is 0.121. The van der Waals surface area contributed by atoms with Crippen LogP contribution in [0.25, 0.3) is 5.57 Å². The van der Waals surface area contributed by atoms with Crippen molar-refractivity contribution in [2.45, 2.75) is 58.7 Å². The number of hydrogen-bond acceptors (Lipinski definition) is 6. The maximum atomic E-state index is 12.8. The number of rotatable bonds is 8. The van der Waals surface area contributed by atoms with E-state index in [4.69, 9.17) is 21.1 Å². The van der Waals surface area contributed by atoms with Crippen molar-refractivity contribution in [3.05, 3.63) is 51.1 Å². The third-order valence-electron chi connectivity index (χ3n) is 6.22. The number of aryl methyl sites for hydroxylation is 1. The Labute approximate surface area is 220 Å². The molecule has 1 aliphatic carbocycles. The molecule has 4 rings (SSSR count). The number of allylic oxidation sites excluding steroid dienone is 1. The van der Waals surface area contributed by atoms with Crippen molar-refractivity contribution in [3.63, 3.8) is 0 Å². The Balaban J connectivity index is 1.73. The Morgan fingerprint density at radius 3 is 2.65 bits per heavy atom. The fourth-order valence-electron chi connectivity index (χ4n) is 4.63. The highest BCUT2D eigenvalue weighted by Gasteiger charge is 2.30. The molecule has 7 nitrogen and oxygen atoms in total. The highest BCUT2D eigenvalue weighted by molar-refractivity contribution is 7.28. The number of nitrogens with one attached hydrogen (secondary N) is 1. The van der Waals surface area contributed by atoms with Gasteiger partial charge in [-0.1, -0.05) is 28.2 Å². The van der Waals surface area contributed by atoms with Crippen LogP contribution in [0.2, 0.25) is 5.28 Å². The summed E-state index contributed by atoms with van der Waals surface area (Å²) in [5, 5.41) is 3.50. The van der Waals surface area contributed by atoms with Gasteiger partial charge >= 0.3 is 6.18 Å². The molecule has 0 saturated carbocycles. The Morgan fingerprint density at radius 1 is 1.16 bits per heavy atom. The van der Waals surface area contributed by atoms with E-state index in [0.717, 1.165) is 59.1 Å². The highest BCUT2D eigenvalue weighted by Crippen LogP contribution is 2.40. The van der Waals surface area contributed by atoms with Crippen LogP contribution in [0.3, 0.4) is 0 Å². The fraction of sp³-hybridized carbons (Fsp3) is 0.440.